The summed E-state index contributed by atoms with van der Waals surface area (Å²) in [5, 5.41) is 2.93. The van der Waals surface area contributed by atoms with Gasteiger partial charge in [-0.15, -0.1) is 0 Å². The first-order chi connectivity index (χ1) is 8.40. The van der Waals surface area contributed by atoms with Crippen LogP contribution in [0.5, 0.6) is 0 Å². The van der Waals surface area contributed by atoms with Gasteiger partial charge in [0.15, 0.2) is 4.67 Å². The van der Waals surface area contributed by atoms with Gasteiger partial charge < -0.3 is 9.73 Å². The monoisotopic (exact) mass is 316 g/mol. The van der Waals surface area contributed by atoms with Crippen LogP contribution in [0.1, 0.15) is 26.5 Å². The van der Waals surface area contributed by atoms with E-state index in [9.17, 15) is 4.79 Å². The number of likely N-dealkylation sites (N-methyl/N-ethyl adjacent to an activating group) is 1. The van der Waals surface area contributed by atoms with Gasteiger partial charge in [0.25, 0.3) is 0 Å². The van der Waals surface area contributed by atoms with E-state index in [4.69, 9.17) is 4.42 Å². The number of amides is 1. The molecule has 0 aliphatic carbocycles. The van der Waals surface area contributed by atoms with Crippen molar-refractivity contribution in [3.63, 3.8) is 0 Å². The first-order valence-electron chi connectivity index (χ1n) is 6.12. The van der Waals surface area contributed by atoms with Crippen molar-refractivity contribution in [3.05, 3.63) is 22.6 Å². The van der Waals surface area contributed by atoms with Crippen LogP contribution in [0.3, 0.4) is 0 Å². The van der Waals surface area contributed by atoms with Crippen molar-refractivity contribution in [2.24, 2.45) is 5.92 Å². The van der Waals surface area contributed by atoms with Gasteiger partial charge in [0, 0.05) is 6.54 Å². The zero-order valence-corrected chi connectivity index (χ0v) is 13.0. The van der Waals surface area contributed by atoms with E-state index in [1.54, 1.807) is 0 Å². The smallest absolute Gasteiger partial charge is 0.237 e. The van der Waals surface area contributed by atoms with Crippen molar-refractivity contribution in [3.8, 4) is 0 Å². The lowest BCUT2D eigenvalue weighted by atomic mass is 10.2. The Morgan fingerprint density at radius 3 is 2.61 bits per heavy atom. The Labute approximate surface area is 117 Å². The Hall–Kier alpha value is -0.810. The van der Waals surface area contributed by atoms with Gasteiger partial charge >= 0.3 is 0 Å². The van der Waals surface area contributed by atoms with Crippen LogP contribution in [-0.2, 0) is 11.3 Å². The van der Waals surface area contributed by atoms with Gasteiger partial charge in [-0.25, -0.2) is 0 Å². The van der Waals surface area contributed by atoms with Crippen LogP contribution in [0, 0.1) is 5.92 Å². The molecule has 1 N–H and O–H groups in total. The molecule has 5 heteroatoms. The van der Waals surface area contributed by atoms with Crippen molar-refractivity contribution in [2.45, 2.75) is 33.4 Å². The summed E-state index contributed by atoms with van der Waals surface area (Å²) in [7, 11) is 1.91. The maximum absolute atomic E-state index is 11.9. The summed E-state index contributed by atoms with van der Waals surface area (Å²) < 4.78 is 6.14. The molecule has 0 saturated carbocycles. The van der Waals surface area contributed by atoms with Gasteiger partial charge in [-0.3, -0.25) is 9.69 Å². The molecular formula is C13H21BrN2O2. The number of hydrogen-bond acceptors (Lipinski definition) is 3. The molecule has 0 aliphatic heterocycles. The molecule has 0 aliphatic rings. The predicted molar refractivity (Wildman–Crippen MR) is 75.2 cm³/mol. The Morgan fingerprint density at radius 1 is 1.44 bits per heavy atom. The van der Waals surface area contributed by atoms with Gasteiger partial charge in [0.05, 0.1) is 12.6 Å². The van der Waals surface area contributed by atoms with E-state index < -0.39 is 0 Å². The molecule has 0 bridgehead atoms. The van der Waals surface area contributed by atoms with Crippen molar-refractivity contribution in [2.75, 3.05) is 13.6 Å². The van der Waals surface area contributed by atoms with Gasteiger partial charge in [-0.2, -0.15) is 0 Å². The topological polar surface area (TPSA) is 45.5 Å². The highest BCUT2D eigenvalue weighted by atomic mass is 79.9. The maximum Gasteiger partial charge on any atom is 0.237 e. The summed E-state index contributed by atoms with van der Waals surface area (Å²) in [4.78, 5) is 13.9. The fourth-order valence-corrected chi connectivity index (χ4v) is 1.81. The highest BCUT2D eigenvalue weighted by molar-refractivity contribution is 9.10. The number of carbonyl (C=O) groups excluding carboxylic acids is 1. The lowest BCUT2D eigenvalue weighted by Crippen LogP contribution is -2.43. The number of furan rings is 1. The maximum atomic E-state index is 11.9. The standard InChI is InChI=1S/C13H21BrN2O2/c1-9(2)7-15-13(17)10(3)16(4)8-11-5-6-12(14)18-11/h5-6,9-10H,7-8H2,1-4H3,(H,15,17). The summed E-state index contributed by atoms with van der Waals surface area (Å²) in [6, 6.07) is 3.58. The molecular weight excluding hydrogens is 296 g/mol. The molecule has 0 spiro atoms. The number of nitrogens with one attached hydrogen (secondary N) is 1. The van der Waals surface area contributed by atoms with Crippen LogP contribution in [0.25, 0.3) is 0 Å². The fraction of sp³-hybridized carbons (Fsp3) is 0.615. The van der Waals surface area contributed by atoms with Gasteiger partial charge in [-0.1, -0.05) is 13.8 Å². The highest BCUT2D eigenvalue weighted by Gasteiger charge is 2.18. The fourth-order valence-electron chi connectivity index (χ4n) is 1.47. The van der Waals surface area contributed by atoms with Crippen LogP contribution in [0.15, 0.2) is 21.2 Å². The van der Waals surface area contributed by atoms with Gasteiger partial charge in [0.2, 0.25) is 5.91 Å². The van der Waals surface area contributed by atoms with Gasteiger partial charge in [0.1, 0.15) is 5.76 Å². The Morgan fingerprint density at radius 2 is 2.11 bits per heavy atom. The zero-order chi connectivity index (χ0) is 13.7. The summed E-state index contributed by atoms with van der Waals surface area (Å²) >= 11 is 3.26. The first-order valence-corrected chi connectivity index (χ1v) is 6.91. The molecule has 0 fully saturated rings. The van der Waals surface area contributed by atoms with Crippen LogP contribution >= 0.6 is 15.9 Å². The highest BCUT2D eigenvalue weighted by Crippen LogP contribution is 2.16. The van der Waals surface area contributed by atoms with E-state index in [-0.39, 0.29) is 11.9 Å². The van der Waals surface area contributed by atoms with Crippen LogP contribution in [-0.4, -0.2) is 30.4 Å². The largest absolute Gasteiger partial charge is 0.453 e. The third kappa shape index (κ3) is 4.82. The molecule has 1 amide bonds. The number of rotatable bonds is 6. The van der Waals surface area contributed by atoms with Crippen LogP contribution < -0.4 is 5.32 Å². The number of carbonyl (C=O) groups is 1. The Balaban J connectivity index is 2.45. The molecule has 1 aromatic heterocycles. The van der Waals surface area contributed by atoms with Crippen LogP contribution in [0.4, 0.5) is 0 Å². The molecule has 1 rings (SSSR count). The quantitative estimate of drug-likeness (QED) is 0.877. The minimum Gasteiger partial charge on any atom is -0.453 e. The minimum absolute atomic E-state index is 0.0526. The molecule has 1 atom stereocenters. The second-order valence-electron chi connectivity index (χ2n) is 4.94. The van der Waals surface area contributed by atoms with Crippen molar-refractivity contribution >= 4 is 21.8 Å². The van der Waals surface area contributed by atoms with Crippen molar-refractivity contribution < 1.29 is 9.21 Å². The van der Waals surface area contributed by atoms with E-state index >= 15 is 0 Å². The minimum atomic E-state index is -0.173. The lowest BCUT2D eigenvalue weighted by Gasteiger charge is -2.23. The molecule has 0 saturated heterocycles. The zero-order valence-electron chi connectivity index (χ0n) is 11.4. The van der Waals surface area contributed by atoms with E-state index in [0.29, 0.717) is 23.7 Å². The first kappa shape index (κ1) is 15.2. The molecule has 1 unspecified atom stereocenters. The second-order valence-corrected chi connectivity index (χ2v) is 5.72. The molecule has 18 heavy (non-hydrogen) atoms. The lowest BCUT2D eigenvalue weighted by molar-refractivity contribution is -0.125. The molecule has 4 nitrogen and oxygen atoms in total. The van der Waals surface area contributed by atoms with E-state index in [0.717, 1.165) is 5.76 Å². The third-order valence-electron chi connectivity index (χ3n) is 2.76. The van der Waals surface area contributed by atoms with E-state index in [2.05, 4.69) is 35.1 Å². The molecule has 0 radical (unpaired) electrons. The number of nitrogens with zero attached hydrogens (tertiary/aromatic N) is 1. The summed E-state index contributed by atoms with van der Waals surface area (Å²) in [5.41, 5.74) is 0. The molecule has 1 heterocycles. The van der Waals surface area contributed by atoms with Crippen LogP contribution in [0.2, 0.25) is 0 Å². The van der Waals surface area contributed by atoms with Gasteiger partial charge in [-0.05, 0) is 48.0 Å². The number of halogens is 1. The average Bonchev–Trinajstić information content (AvgIpc) is 2.70. The summed E-state index contributed by atoms with van der Waals surface area (Å²) in [6.07, 6.45) is 0. The molecule has 0 aromatic carbocycles. The normalized spacial score (nSPS) is 13.1. The summed E-state index contributed by atoms with van der Waals surface area (Å²) in [5.74, 6) is 1.36. The Bertz CT molecular complexity index is 390. The molecule has 1 aromatic rings. The van der Waals surface area contributed by atoms with Crippen molar-refractivity contribution in [1.82, 2.24) is 10.2 Å². The third-order valence-corrected chi connectivity index (χ3v) is 3.19. The second kappa shape index (κ2) is 6.95. The predicted octanol–water partition coefficient (Wildman–Crippen LogP) is 2.63. The summed E-state index contributed by atoms with van der Waals surface area (Å²) in [6.45, 7) is 7.38. The average molecular weight is 317 g/mol. The van der Waals surface area contributed by atoms with E-state index in [1.807, 2.05) is 31.0 Å². The number of hydrogen-bond donors (Lipinski definition) is 1. The van der Waals surface area contributed by atoms with Crippen molar-refractivity contribution in [1.29, 1.82) is 0 Å². The Kier molecular flexibility index (Phi) is 5.88. The van der Waals surface area contributed by atoms with E-state index in [1.165, 1.54) is 0 Å². The molecule has 102 valence electrons. The SMILES string of the molecule is CC(C)CNC(=O)C(C)N(C)Cc1ccc(Br)o1.